The second kappa shape index (κ2) is 4.70. The highest BCUT2D eigenvalue weighted by Crippen LogP contribution is 2.40. The van der Waals surface area contributed by atoms with Gasteiger partial charge in [-0.25, -0.2) is 9.59 Å². The van der Waals surface area contributed by atoms with Crippen LogP contribution in [0.15, 0.2) is 0 Å². The SMILES string of the molecule is COC(=O)c1sc2sc(C(=O)OC)c(C)c2c1C. The van der Waals surface area contributed by atoms with Gasteiger partial charge in [0.1, 0.15) is 9.75 Å². The van der Waals surface area contributed by atoms with E-state index in [1.54, 1.807) is 0 Å². The summed E-state index contributed by atoms with van der Waals surface area (Å²) in [5.74, 6) is -0.667. The molecule has 0 saturated carbocycles. The van der Waals surface area contributed by atoms with Crippen LogP contribution in [0.1, 0.15) is 30.5 Å². The van der Waals surface area contributed by atoms with Crippen LogP contribution in [0.4, 0.5) is 0 Å². The third-order valence-corrected chi connectivity index (χ3v) is 5.40. The zero-order chi connectivity index (χ0) is 13.4. The molecule has 2 aromatic heterocycles. The number of methoxy groups -OCH3 is 2. The van der Waals surface area contributed by atoms with Gasteiger partial charge in [0.2, 0.25) is 0 Å². The maximum Gasteiger partial charge on any atom is 0.348 e. The second-order valence-corrected chi connectivity index (χ2v) is 6.06. The van der Waals surface area contributed by atoms with Crippen LogP contribution >= 0.6 is 22.7 Å². The Kier molecular flexibility index (Phi) is 3.41. The number of fused-ring (bicyclic) bond motifs is 1. The number of rotatable bonds is 2. The summed E-state index contributed by atoms with van der Waals surface area (Å²) in [5, 5.41) is 0.964. The fourth-order valence-corrected chi connectivity index (χ4v) is 4.55. The molecule has 0 aromatic carbocycles. The van der Waals surface area contributed by atoms with E-state index in [4.69, 9.17) is 9.47 Å². The normalized spacial score (nSPS) is 10.7. The van der Waals surface area contributed by atoms with Crippen molar-refractivity contribution in [2.24, 2.45) is 0 Å². The van der Waals surface area contributed by atoms with Crippen LogP contribution in [-0.2, 0) is 9.47 Å². The predicted octanol–water partition coefficient (Wildman–Crippen LogP) is 3.15. The number of ether oxygens (including phenoxy) is 2. The molecule has 6 heteroatoms. The fraction of sp³-hybridized carbons (Fsp3) is 0.333. The van der Waals surface area contributed by atoms with E-state index >= 15 is 0 Å². The van der Waals surface area contributed by atoms with Crippen molar-refractivity contribution < 1.29 is 19.1 Å². The van der Waals surface area contributed by atoms with Gasteiger partial charge in [0, 0.05) is 5.39 Å². The van der Waals surface area contributed by atoms with Crippen molar-refractivity contribution >= 4 is 44.0 Å². The van der Waals surface area contributed by atoms with Gasteiger partial charge in [0.05, 0.1) is 18.2 Å². The molecule has 0 atom stereocenters. The number of carbonyl (C=O) groups is 2. The summed E-state index contributed by atoms with van der Waals surface area (Å²) in [4.78, 5) is 24.4. The van der Waals surface area contributed by atoms with E-state index in [-0.39, 0.29) is 11.9 Å². The van der Waals surface area contributed by atoms with Crippen LogP contribution < -0.4 is 0 Å². The summed E-state index contributed by atoms with van der Waals surface area (Å²) in [6.45, 7) is 3.73. The summed E-state index contributed by atoms with van der Waals surface area (Å²) in [6.07, 6.45) is 0. The van der Waals surface area contributed by atoms with Crippen molar-refractivity contribution in [1.82, 2.24) is 0 Å². The Balaban J connectivity index is 2.65. The van der Waals surface area contributed by atoms with E-state index < -0.39 is 0 Å². The third-order valence-electron chi connectivity index (χ3n) is 2.77. The number of hydrogen-bond donors (Lipinski definition) is 0. The van der Waals surface area contributed by atoms with E-state index in [0.29, 0.717) is 9.75 Å². The van der Waals surface area contributed by atoms with Gasteiger partial charge in [-0.15, -0.1) is 22.7 Å². The monoisotopic (exact) mass is 284 g/mol. The van der Waals surface area contributed by atoms with Gasteiger partial charge in [-0.3, -0.25) is 0 Å². The maximum atomic E-state index is 11.6. The Morgan fingerprint density at radius 1 is 0.889 bits per heavy atom. The number of thiophene rings is 2. The van der Waals surface area contributed by atoms with Crippen LogP contribution in [0.3, 0.4) is 0 Å². The molecule has 0 aliphatic carbocycles. The fourth-order valence-electron chi connectivity index (χ4n) is 1.85. The molecule has 2 rings (SSSR count). The van der Waals surface area contributed by atoms with Crippen LogP contribution in [0.25, 0.3) is 9.40 Å². The molecule has 0 saturated heterocycles. The van der Waals surface area contributed by atoms with Crippen LogP contribution in [-0.4, -0.2) is 26.2 Å². The molecule has 0 radical (unpaired) electrons. The zero-order valence-corrected chi connectivity index (χ0v) is 12.1. The topological polar surface area (TPSA) is 52.6 Å². The van der Waals surface area contributed by atoms with Crippen molar-refractivity contribution in [2.75, 3.05) is 14.2 Å². The average molecular weight is 284 g/mol. The molecule has 0 amide bonds. The lowest BCUT2D eigenvalue weighted by Crippen LogP contribution is -2.01. The lowest BCUT2D eigenvalue weighted by atomic mass is 10.1. The highest BCUT2D eigenvalue weighted by atomic mass is 32.2. The third kappa shape index (κ3) is 1.81. The molecule has 0 N–H and O–H groups in total. The molecular formula is C12H12O4S2. The van der Waals surface area contributed by atoms with Gasteiger partial charge in [-0.05, 0) is 25.0 Å². The van der Waals surface area contributed by atoms with E-state index in [1.807, 2.05) is 13.8 Å². The molecule has 2 aromatic rings. The second-order valence-electron chi connectivity index (χ2n) is 3.76. The van der Waals surface area contributed by atoms with Crippen LogP contribution in [0.5, 0.6) is 0 Å². The van der Waals surface area contributed by atoms with Crippen molar-refractivity contribution in [1.29, 1.82) is 0 Å². The molecule has 96 valence electrons. The number of carbonyl (C=O) groups excluding carboxylic acids is 2. The first-order valence-electron chi connectivity index (χ1n) is 5.20. The van der Waals surface area contributed by atoms with E-state index in [2.05, 4.69) is 0 Å². The summed E-state index contributed by atoms with van der Waals surface area (Å²) in [6, 6.07) is 0. The maximum absolute atomic E-state index is 11.6. The first-order valence-corrected chi connectivity index (χ1v) is 6.83. The number of aryl methyl sites for hydroxylation is 2. The van der Waals surface area contributed by atoms with Gasteiger partial charge in [0.25, 0.3) is 0 Å². The van der Waals surface area contributed by atoms with Gasteiger partial charge < -0.3 is 9.47 Å². The minimum Gasteiger partial charge on any atom is -0.465 e. The van der Waals surface area contributed by atoms with Crippen molar-refractivity contribution in [3.63, 3.8) is 0 Å². The molecule has 0 fully saturated rings. The van der Waals surface area contributed by atoms with Crippen LogP contribution in [0, 0.1) is 13.8 Å². The van der Waals surface area contributed by atoms with Gasteiger partial charge in [-0.1, -0.05) is 0 Å². The van der Waals surface area contributed by atoms with E-state index in [9.17, 15) is 9.59 Å². The smallest absolute Gasteiger partial charge is 0.348 e. The Hall–Kier alpha value is -1.40. The first kappa shape index (κ1) is 13.0. The van der Waals surface area contributed by atoms with Crippen molar-refractivity contribution in [2.45, 2.75) is 13.8 Å². The zero-order valence-electron chi connectivity index (χ0n) is 10.4. The Morgan fingerprint density at radius 2 is 1.28 bits per heavy atom. The summed E-state index contributed by atoms with van der Waals surface area (Å²) < 4.78 is 10.4. The van der Waals surface area contributed by atoms with Gasteiger partial charge >= 0.3 is 11.9 Å². The number of hydrogen-bond acceptors (Lipinski definition) is 6. The minimum absolute atomic E-state index is 0.333. The molecular weight excluding hydrogens is 272 g/mol. The molecule has 0 aliphatic heterocycles. The van der Waals surface area contributed by atoms with Crippen molar-refractivity contribution in [3.8, 4) is 0 Å². The highest BCUT2D eigenvalue weighted by Gasteiger charge is 2.23. The minimum atomic E-state index is -0.333. The lowest BCUT2D eigenvalue weighted by Gasteiger charge is -1.99. The molecule has 0 unspecified atom stereocenters. The molecule has 2 heterocycles. The Labute approximate surface area is 112 Å². The number of esters is 2. The molecule has 0 aliphatic rings. The van der Waals surface area contributed by atoms with Crippen molar-refractivity contribution in [3.05, 3.63) is 20.9 Å². The summed E-state index contributed by atoms with van der Waals surface area (Å²) >= 11 is 2.71. The molecule has 0 spiro atoms. The van der Waals surface area contributed by atoms with E-state index in [0.717, 1.165) is 20.5 Å². The summed E-state index contributed by atoms with van der Waals surface area (Å²) in [5.41, 5.74) is 1.73. The standard InChI is InChI=1S/C12H12O4S2/c1-5-7-6(2)9(11(14)16-4)18-12(7)17-8(5)10(13)15-3/h1-4H3. The van der Waals surface area contributed by atoms with Gasteiger partial charge in [-0.2, -0.15) is 0 Å². The molecule has 4 nitrogen and oxygen atoms in total. The quantitative estimate of drug-likeness (QED) is 0.795. The largest absolute Gasteiger partial charge is 0.465 e. The highest BCUT2D eigenvalue weighted by molar-refractivity contribution is 7.40. The van der Waals surface area contributed by atoms with Gasteiger partial charge in [0.15, 0.2) is 0 Å². The van der Waals surface area contributed by atoms with Crippen LogP contribution in [0.2, 0.25) is 0 Å². The predicted molar refractivity (Wildman–Crippen MR) is 71.9 cm³/mol. The lowest BCUT2D eigenvalue weighted by molar-refractivity contribution is 0.0597. The summed E-state index contributed by atoms with van der Waals surface area (Å²) in [7, 11) is 2.73. The van der Waals surface area contributed by atoms with E-state index in [1.165, 1.54) is 36.9 Å². The molecule has 0 bridgehead atoms. The average Bonchev–Trinajstić information content (AvgIpc) is 2.86. The molecule has 18 heavy (non-hydrogen) atoms. The Bertz CT molecular complexity index is 585. The Morgan fingerprint density at radius 3 is 1.56 bits per heavy atom. The first-order chi connectivity index (χ1) is 8.51.